The van der Waals surface area contributed by atoms with E-state index in [1.54, 1.807) is 65.2 Å². The third-order valence-corrected chi connectivity index (χ3v) is 5.19. The van der Waals surface area contributed by atoms with Gasteiger partial charge in [-0.3, -0.25) is 4.79 Å². The van der Waals surface area contributed by atoms with Gasteiger partial charge in [-0.1, -0.05) is 17.7 Å². The zero-order chi connectivity index (χ0) is 20.5. The number of carboxylic acids is 1. The molecule has 0 radical (unpaired) electrons. The van der Waals surface area contributed by atoms with Crippen LogP contribution in [-0.2, 0) is 13.0 Å². The summed E-state index contributed by atoms with van der Waals surface area (Å²) in [5, 5.41) is 14.5. The van der Waals surface area contributed by atoms with Crippen LogP contribution < -0.4 is 4.74 Å². The van der Waals surface area contributed by atoms with E-state index in [-0.39, 0.29) is 18.1 Å². The lowest BCUT2D eigenvalue weighted by Crippen LogP contribution is -2.36. The van der Waals surface area contributed by atoms with Crippen molar-refractivity contribution in [3.63, 3.8) is 0 Å². The molecule has 0 unspecified atom stereocenters. The summed E-state index contributed by atoms with van der Waals surface area (Å²) in [6.07, 6.45) is 0.494. The number of rotatable bonds is 4. The van der Waals surface area contributed by atoms with Crippen LogP contribution in [0, 0.1) is 0 Å². The molecule has 29 heavy (non-hydrogen) atoms. The second-order valence-corrected chi connectivity index (χ2v) is 7.11. The van der Waals surface area contributed by atoms with Gasteiger partial charge in [0.2, 0.25) is 0 Å². The zero-order valence-corrected chi connectivity index (χ0v) is 16.4. The maximum Gasteiger partial charge on any atom is 0.356 e. The first-order valence-corrected chi connectivity index (χ1v) is 9.39. The van der Waals surface area contributed by atoms with Crippen molar-refractivity contribution < 1.29 is 19.4 Å². The van der Waals surface area contributed by atoms with Gasteiger partial charge in [-0.05, 0) is 42.5 Å². The van der Waals surface area contributed by atoms with Gasteiger partial charge in [0.1, 0.15) is 5.75 Å². The number of aromatic carboxylic acids is 1. The number of nitrogens with zero attached hydrogens (tertiary/aromatic N) is 3. The second kappa shape index (κ2) is 7.60. The maximum atomic E-state index is 13.0. The monoisotopic (exact) mass is 411 g/mol. The van der Waals surface area contributed by atoms with Crippen molar-refractivity contribution in [2.45, 2.75) is 13.0 Å². The van der Waals surface area contributed by atoms with Crippen molar-refractivity contribution >= 4 is 23.5 Å². The van der Waals surface area contributed by atoms with E-state index in [1.807, 2.05) is 0 Å². The van der Waals surface area contributed by atoms with Crippen molar-refractivity contribution in [2.75, 3.05) is 13.7 Å². The molecule has 0 saturated heterocycles. The summed E-state index contributed by atoms with van der Waals surface area (Å²) in [6.45, 7) is 0.641. The number of ether oxygens (including phenoxy) is 1. The number of carbonyl (C=O) groups excluding carboxylic acids is 1. The molecule has 2 heterocycles. The van der Waals surface area contributed by atoms with Crippen LogP contribution in [0.15, 0.2) is 48.5 Å². The Kier molecular flexibility index (Phi) is 4.98. The Morgan fingerprint density at radius 3 is 2.62 bits per heavy atom. The first-order chi connectivity index (χ1) is 14.0. The lowest BCUT2D eigenvalue weighted by molar-refractivity contribution is 0.0674. The molecule has 8 heteroatoms. The van der Waals surface area contributed by atoms with Crippen LogP contribution >= 0.6 is 11.6 Å². The molecule has 4 rings (SSSR count). The van der Waals surface area contributed by atoms with Crippen LogP contribution in [0.5, 0.6) is 5.75 Å². The summed E-state index contributed by atoms with van der Waals surface area (Å²) in [4.78, 5) is 26.4. The molecular weight excluding hydrogens is 394 g/mol. The number of amides is 1. The molecule has 1 aliphatic rings. The first kappa shape index (κ1) is 19.0. The fourth-order valence-corrected chi connectivity index (χ4v) is 3.62. The Morgan fingerprint density at radius 2 is 1.93 bits per heavy atom. The fourth-order valence-electron chi connectivity index (χ4n) is 3.50. The summed E-state index contributed by atoms with van der Waals surface area (Å²) in [5.74, 6) is -0.704. The predicted octanol–water partition coefficient (Wildman–Crippen LogP) is 3.43. The smallest absolute Gasteiger partial charge is 0.356 e. The molecular formula is C21H18ClN3O4. The second-order valence-electron chi connectivity index (χ2n) is 6.68. The van der Waals surface area contributed by atoms with E-state index < -0.39 is 5.97 Å². The summed E-state index contributed by atoms with van der Waals surface area (Å²) in [7, 11) is 1.54. The number of hydrogen-bond donors (Lipinski definition) is 1. The van der Waals surface area contributed by atoms with Crippen molar-refractivity contribution in [3.8, 4) is 11.4 Å². The minimum atomic E-state index is -1.12. The molecule has 7 nitrogen and oxygen atoms in total. The van der Waals surface area contributed by atoms with Crippen LogP contribution in [-0.4, -0.2) is 45.3 Å². The van der Waals surface area contributed by atoms with Gasteiger partial charge in [0.05, 0.1) is 25.0 Å². The van der Waals surface area contributed by atoms with E-state index >= 15 is 0 Å². The molecule has 2 aromatic carbocycles. The number of carbonyl (C=O) groups is 2. The van der Waals surface area contributed by atoms with Crippen LogP contribution in [0.2, 0.25) is 5.02 Å². The van der Waals surface area contributed by atoms with Crippen LogP contribution in [0.4, 0.5) is 0 Å². The van der Waals surface area contributed by atoms with Crippen LogP contribution in [0.25, 0.3) is 5.69 Å². The van der Waals surface area contributed by atoms with E-state index in [4.69, 9.17) is 16.3 Å². The average Bonchev–Trinajstić information content (AvgIpc) is 3.13. The Morgan fingerprint density at radius 1 is 1.17 bits per heavy atom. The van der Waals surface area contributed by atoms with E-state index in [0.717, 1.165) is 11.4 Å². The molecule has 0 saturated carbocycles. The first-order valence-electron chi connectivity index (χ1n) is 9.01. The molecule has 0 aliphatic carbocycles. The van der Waals surface area contributed by atoms with Gasteiger partial charge in [-0.15, -0.1) is 0 Å². The lowest BCUT2D eigenvalue weighted by atomic mass is 10.0. The Hall–Kier alpha value is -3.32. The van der Waals surface area contributed by atoms with Gasteiger partial charge in [-0.2, -0.15) is 5.10 Å². The number of hydrogen-bond acceptors (Lipinski definition) is 4. The molecule has 1 N–H and O–H groups in total. The highest BCUT2D eigenvalue weighted by molar-refractivity contribution is 6.30. The minimum Gasteiger partial charge on any atom is -0.497 e. The van der Waals surface area contributed by atoms with Gasteiger partial charge >= 0.3 is 5.97 Å². The number of halogens is 1. The van der Waals surface area contributed by atoms with Crippen molar-refractivity contribution in [1.29, 1.82) is 0 Å². The van der Waals surface area contributed by atoms with E-state index in [2.05, 4.69) is 5.10 Å². The third kappa shape index (κ3) is 3.56. The number of aromatic nitrogens is 2. The molecule has 3 aromatic rings. The molecule has 1 amide bonds. The largest absolute Gasteiger partial charge is 0.497 e. The highest BCUT2D eigenvalue weighted by Gasteiger charge is 2.31. The van der Waals surface area contributed by atoms with E-state index in [1.165, 1.54) is 0 Å². The van der Waals surface area contributed by atoms with Crippen molar-refractivity contribution in [2.24, 2.45) is 0 Å². The topological polar surface area (TPSA) is 84.7 Å². The number of benzene rings is 2. The van der Waals surface area contributed by atoms with Crippen LogP contribution in [0.3, 0.4) is 0 Å². The summed E-state index contributed by atoms with van der Waals surface area (Å²) >= 11 is 5.96. The van der Waals surface area contributed by atoms with E-state index in [9.17, 15) is 14.7 Å². The molecule has 1 aliphatic heterocycles. The summed E-state index contributed by atoms with van der Waals surface area (Å²) < 4.78 is 6.82. The molecule has 1 aromatic heterocycles. The Labute approximate surface area is 172 Å². The van der Waals surface area contributed by atoms with Gasteiger partial charge in [-0.25, -0.2) is 9.48 Å². The molecule has 0 bridgehead atoms. The number of methoxy groups -OCH3 is 1. The van der Waals surface area contributed by atoms with Gasteiger partial charge in [0.15, 0.2) is 5.69 Å². The third-order valence-electron chi connectivity index (χ3n) is 4.94. The normalized spacial score (nSPS) is 13.1. The fraction of sp³-hybridized carbons (Fsp3) is 0.190. The molecule has 0 spiro atoms. The summed E-state index contributed by atoms with van der Waals surface area (Å²) in [5.41, 5.74) is 2.52. The number of fused-ring (bicyclic) bond motifs is 1. The summed E-state index contributed by atoms with van der Waals surface area (Å²) in [6, 6.07) is 13.9. The van der Waals surface area contributed by atoms with Crippen molar-refractivity contribution in [1.82, 2.24) is 14.7 Å². The van der Waals surface area contributed by atoms with E-state index in [0.29, 0.717) is 34.9 Å². The Bertz CT molecular complexity index is 1090. The molecule has 0 atom stereocenters. The van der Waals surface area contributed by atoms with Gasteiger partial charge in [0.25, 0.3) is 5.91 Å². The average molecular weight is 412 g/mol. The zero-order valence-electron chi connectivity index (χ0n) is 15.6. The lowest BCUT2D eigenvalue weighted by Gasteiger charge is -2.28. The maximum absolute atomic E-state index is 13.0. The molecule has 0 fully saturated rings. The van der Waals surface area contributed by atoms with Gasteiger partial charge < -0.3 is 14.7 Å². The number of carboxylic acid groups (broad SMARTS) is 1. The standard InChI is InChI=1S/C21H18ClN3O4/c1-29-16-4-2-3-13(11-16)20(26)24-10-9-18-17(12-24)19(21(27)28)23-25(18)15-7-5-14(22)6-8-15/h2-8,11H,9-10,12H2,1H3,(H,27,28). The van der Waals surface area contributed by atoms with Crippen molar-refractivity contribution in [3.05, 3.63) is 76.1 Å². The highest BCUT2D eigenvalue weighted by atomic mass is 35.5. The quantitative estimate of drug-likeness (QED) is 0.711. The molecule has 148 valence electrons. The van der Waals surface area contributed by atoms with Gasteiger partial charge in [0, 0.05) is 29.1 Å². The predicted molar refractivity (Wildman–Crippen MR) is 107 cm³/mol. The Balaban J connectivity index is 1.69. The highest BCUT2D eigenvalue weighted by Crippen LogP contribution is 2.27. The van der Waals surface area contributed by atoms with Crippen LogP contribution in [0.1, 0.15) is 32.1 Å². The minimum absolute atomic E-state index is 0.0434. The SMILES string of the molecule is COc1cccc(C(=O)N2CCc3c(c(C(=O)O)nn3-c3ccc(Cl)cc3)C2)c1.